The largest absolute Gasteiger partial charge is 0.461 e. The molecule has 0 spiro atoms. The summed E-state index contributed by atoms with van der Waals surface area (Å²) in [6, 6.07) is 15.3. The van der Waals surface area contributed by atoms with Crippen molar-refractivity contribution >= 4 is 23.1 Å². The number of esters is 1. The number of aliphatic imine (C=N–C) groups is 1. The van der Waals surface area contributed by atoms with Gasteiger partial charge in [-0.25, -0.2) is 4.79 Å². The molecule has 0 amide bonds. The molecule has 2 aliphatic heterocycles. The second kappa shape index (κ2) is 9.27. The highest BCUT2D eigenvalue weighted by molar-refractivity contribution is 6.38. The zero-order valence-corrected chi connectivity index (χ0v) is 17.7. The Morgan fingerprint density at radius 1 is 1.06 bits per heavy atom. The Labute approximate surface area is 184 Å². The van der Waals surface area contributed by atoms with Crippen LogP contribution in [0.4, 0.5) is 5.69 Å². The Morgan fingerprint density at radius 3 is 2.41 bits per heavy atom. The standard InChI is InChI=1S/C23H23N3O6/c1-3-30-22(27)21-17-18(23(31-4-2)32-25-21)20(14-8-6-5-7-9-14)24-19(17)15-10-12-16(13-11-15)26(28)29/h5-13,17-19,23H,3-4H2,1-2H3/t17-,18+,19-,23-/m1/s1. The maximum atomic E-state index is 12.8. The van der Waals surface area contributed by atoms with Gasteiger partial charge in [-0.15, -0.1) is 0 Å². The minimum absolute atomic E-state index is 0.0194. The van der Waals surface area contributed by atoms with Crippen molar-refractivity contribution in [1.29, 1.82) is 0 Å². The van der Waals surface area contributed by atoms with E-state index in [1.807, 2.05) is 37.3 Å². The Balaban J connectivity index is 1.83. The van der Waals surface area contributed by atoms with Crippen LogP contribution in [0.5, 0.6) is 0 Å². The normalized spacial score (nSPS) is 24.1. The highest BCUT2D eigenvalue weighted by Crippen LogP contribution is 2.46. The van der Waals surface area contributed by atoms with E-state index >= 15 is 0 Å². The fourth-order valence-corrected chi connectivity index (χ4v) is 4.16. The van der Waals surface area contributed by atoms with Crippen molar-refractivity contribution in [3.63, 3.8) is 0 Å². The Bertz CT molecular complexity index is 1050. The number of fused-ring (bicyclic) bond motifs is 1. The minimum atomic E-state index is -0.731. The number of nitro benzene ring substituents is 1. The van der Waals surface area contributed by atoms with Crippen LogP contribution < -0.4 is 0 Å². The lowest BCUT2D eigenvalue weighted by molar-refractivity contribution is -0.384. The fourth-order valence-electron chi connectivity index (χ4n) is 4.16. The molecular weight excluding hydrogens is 414 g/mol. The first-order valence-corrected chi connectivity index (χ1v) is 10.4. The summed E-state index contributed by atoms with van der Waals surface area (Å²) < 4.78 is 11.0. The predicted molar refractivity (Wildman–Crippen MR) is 116 cm³/mol. The van der Waals surface area contributed by atoms with Crippen molar-refractivity contribution in [2.24, 2.45) is 22.0 Å². The molecule has 2 aromatic carbocycles. The number of rotatable bonds is 7. The van der Waals surface area contributed by atoms with Gasteiger partial charge < -0.3 is 14.3 Å². The predicted octanol–water partition coefficient (Wildman–Crippen LogP) is 3.68. The Hall–Kier alpha value is -3.59. The lowest BCUT2D eigenvalue weighted by Gasteiger charge is -2.33. The molecule has 2 heterocycles. The van der Waals surface area contributed by atoms with Gasteiger partial charge in [-0.3, -0.25) is 15.1 Å². The van der Waals surface area contributed by atoms with Crippen molar-refractivity contribution in [2.45, 2.75) is 26.2 Å². The second-order valence-electron chi connectivity index (χ2n) is 7.35. The monoisotopic (exact) mass is 437 g/mol. The molecule has 4 rings (SSSR count). The van der Waals surface area contributed by atoms with Crippen LogP contribution in [0.15, 0.2) is 64.7 Å². The third kappa shape index (κ3) is 3.99. The lowest BCUT2D eigenvalue weighted by atomic mass is 9.78. The smallest absolute Gasteiger partial charge is 0.356 e. The SMILES string of the molecule is CCOC(=O)C1=NO[C@@H](OCC)[C@@H]2C(c3ccccc3)=N[C@H](c3ccc([N+](=O)[O-])cc3)[C@H]12. The van der Waals surface area contributed by atoms with E-state index in [1.54, 1.807) is 19.1 Å². The number of carbonyl (C=O) groups excluding carboxylic acids is 1. The quantitative estimate of drug-likeness (QED) is 0.371. The molecule has 2 aliphatic rings. The van der Waals surface area contributed by atoms with Crippen LogP contribution in [-0.4, -0.2) is 41.8 Å². The van der Waals surface area contributed by atoms with Gasteiger partial charge in [0.1, 0.15) is 0 Å². The van der Waals surface area contributed by atoms with Crippen molar-refractivity contribution in [3.05, 3.63) is 75.8 Å². The molecule has 0 saturated carbocycles. The molecule has 0 radical (unpaired) electrons. The number of oxime groups is 1. The van der Waals surface area contributed by atoms with E-state index < -0.39 is 35.1 Å². The summed E-state index contributed by atoms with van der Waals surface area (Å²) in [4.78, 5) is 34.0. The molecule has 4 atom stereocenters. The molecule has 0 aliphatic carbocycles. The number of carbonyl (C=O) groups is 1. The van der Waals surface area contributed by atoms with Crippen molar-refractivity contribution in [3.8, 4) is 0 Å². The Morgan fingerprint density at radius 2 is 1.78 bits per heavy atom. The second-order valence-corrected chi connectivity index (χ2v) is 7.35. The maximum Gasteiger partial charge on any atom is 0.356 e. The summed E-state index contributed by atoms with van der Waals surface area (Å²) in [5.74, 6) is -1.49. The van der Waals surface area contributed by atoms with Crippen LogP contribution in [0.3, 0.4) is 0 Å². The van der Waals surface area contributed by atoms with E-state index in [4.69, 9.17) is 19.3 Å². The zero-order chi connectivity index (χ0) is 22.7. The molecular formula is C23H23N3O6. The molecule has 0 N–H and O–H groups in total. The average Bonchev–Trinajstić information content (AvgIpc) is 3.21. The summed E-state index contributed by atoms with van der Waals surface area (Å²) in [5.41, 5.74) is 2.45. The van der Waals surface area contributed by atoms with Gasteiger partial charge in [0.15, 0.2) is 5.71 Å². The number of non-ortho nitro benzene ring substituents is 1. The molecule has 0 bridgehead atoms. The number of nitro groups is 1. The van der Waals surface area contributed by atoms with E-state index in [0.29, 0.717) is 6.61 Å². The number of hydrogen-bond donors (Lipinski definition) is 0. The van der Waals surface area contributed by atoms with Gasteiger partial charge in [-0.1, -0.05) is 47.6 Å². The molecule has 2 aromatic rings. The third-order valence-corrected chi connectivity index (χ3v) is 5.52. The average molecular weight is 437 g/mol. The molecule has 9 heteroatoms. The third-order valence-electron chi connectivity index (χ3n) is 5.52. The van der Waals surface area contributed by atoms with Crippen LogP contribution in [0.25, 0.3) is 0 Å². The van der Waals surface area contributed by atoms with E-state index in [0.717, 1.165) is 16.8 Å². The first kappa shape index (κ1) is 21.6. The van der Waals surface area contributed by atoms with Gasteiger partial charge in [0.2, 0.25) is 6.29 Å². The van der Waals surface area contributed by atoms with Gasteiger partial charge in [-0.05, 0) is 25.0 Å². The first-order chi connectivity index (χ1) is 15.5. The number of ether oxygens (including phenoxy) is 2. The summed E-state index contributed by atoms with van der Waals surface area (Å²) in [6.45, 7) is 4.16. The van der Waals surface area contributed by atoms with Crippen LogP contribution in [-0.2, 0) is 19.1 Å². The van der Waals surface area contributed by atoms with E-state index in [-0.39, 0.29) is 18.0 Å². The van der Waals surface area contributed by atoms with Crippen molar-refractivity contribution in [2.75, 3.05) is 13.2 Å². The van der Waals surface area contributed by atoms with Gasteiger partial charge in [0, 0.05) is 18.7 Å². The Kier molecular flexibility index (Phi) is 6.27. The fraction of sp³-hybridized carbons (Fsp3) is 0.348. The van der Waals surface area contributed by atoms with Crippen LogP contribution in [0.1, 0.15) is 31.0 Å². The molecule has 166 valence electrons. The summed E-state index contributed by atoms with van der Waals surface area (Å²) in [6.07, 6.45) is -0.731. The first-order valence-electron chi connectivity index (χ1n) is 10.4. The van der Waals surface area contributed by atoms with Crippen LogP contribution in [0, 0.1) is 22.0 Å². The molecule has 32 heavy (non-hydrogen) atoms. The summed E-state index contributed by atoms with van der Waals surface area (Å²) >= 11 is 0. The molecule has 0 aromatic heterocycles. The molecule has 0 unspecified atom stereocenters. The van der Waals surface area contributed by atoms with Crippen molar-refractivity contribution in [1.82, 2.24) is 0 Å². The highest BCUT2D eigenvalue weighted by Gasteiger charge is 2.53. The van der Waals surface area contributed by atoms with E-state index in [1.165, 1.54) is 12.1 Å². The molecule has 0 saturated heterocycles. The maximum absolute atomic E-state index is 12.8. The lowest BCUT2D eigenvalue weighted by Crippen LogP contribution is -2.45. The number of nitrogens with zero attached hydrogens (tertiary/aromatic N) is 3. The van der Waals surface area contributed by atoms with Gasteiger partial charge >= 0.3 is 5.97 Å². The van der Waals surface area contributed by atoms with Gasteiger partial charge in [0.25, 0.3) is 5.69 Å². The number of hydrogen-bond acceptors (Lipinski definition) is 8. The number of benzene rings is 2. The van der Waals surface area contributed by atoms with Gasteiger partial charge in [0.05, 0.1) is 35.1 Å². The van der Waals surface area contributed by atoms with Crippen LogP contribution >= 0.6 is 0 Å². The zero-order valence-electron chi connectivity index (χ0n) is 17.7. The highest BCUT2D eigenvalue weighted by atomic mass is 16.8. The summed E-state index contributed by atoms with van der Waals surface area (Å²) in [7, 11) is 0. The molecule has 0 fully saturated rings. The van der Waals surface area contributed by atoms with E-state index in [2.05, 4.69) is 5.16 Å². The van der Waals surface area contributed by atoms with E-state index in [9.17, 15) is 14.9 Å². The van der Waals surface area contributed by atoms with Gasteiger partial charge in [-0.2, -0.15) is 0 Å². The van der Waals surface area contributed by atoms with Crippen LogP contribution in [0.2, 0.25) is 0 Å². The molecule has 9 nitrogen and oxygen atoms in total. The van der Waals surface area contributed by atoms with Crippen molar-refractivity contribution < 1.29 is 24.0 Å². The topological polar surface area (TPSA) is 113 Å². The minimum Gasteiger partial charge on any atom is -0.461 e. The summed E-state index contributed by atoms with van der Waals surface area (Å²) in [5, 5.41) is 15.2.